The summed E-state index contributed by atoms with van der Waals surface area (Å²) < 4.78 is 5.72. The van der Waals surface area contributed by atoms with Crippen molar-refractivity contribution in [3.63, 3.8) is 0 Å². The molecule has 3 rings (SSSR count). The maximum atomic E-state index is 12.1. The predicted molar refractivity (Wildman–Crippen MR) is 93.9 cm³/mol. The Hall–Kier alpha value is -1.85. The molecule has 128 valence electrons. The van der Waals surface area contributed by atoms with Gasteiger partial charge in [0.1, 0.15) is 0 Å². The Morgan fingerprint density at radius 1 is 1.42 bits per heavy atom. The Morgan fingerprint density at radius 3 is 2.96 bits per heavy atom. The van der Waals surface area contributed by atoms with Crippen LogP contribution in [0.5, 0.6) is 0 Å². The summed E-state index contributed by atoms with van der Waals surface area (Å²) in [7, 11) is 0. The summed E-state index contributed by atoms with van der Waals surface area (Å²) in [5.41, 5.74) is 0.922. The summed E-state index contributed by atoms with van der Waals surface area (Å²) in [6.07, 6.45) is 4.53. The summed E-state index contributed by atoms with van der Waals surface area (Å²) in [6.45, 7) is 3.10. The van der Waals surface area contributed by atoms with Crippen LogP contribution in [0.2, 0.25) is 5.02 Å². The number of aromatic nitrogens is 1. The molecule has 0 radical (unpaired) electrons. The van der Waals surface area contributed by atoms with Gasteiger partial charge < -0.3 is 15.1 Å². The van der Waals surface area contributed by atoms with E-state index in [0.29, 0.717) is 35.6 Å². The van der Waals surface area contributed by atoms with Crippen molar-refractivity contribution in [2.75, 3.05) is 6.54 Å². The third-order valence-electron chi connectivity index (χ3n) is 4.24. The Balaban J connectivity index is 1.50. The van der Waals surface area contributed by atoms with Crippen molar-refractivity contribution in [1.82, 2.24) is 15.6 Å². The van der Waals surface area contributed by atoms with Crippen molar-refractivity contribution in [3.05, 3.63) is 41.4 Å². The lowest BCUT2D eigenvalue weighted by Gasteiger charge is -2.28. The van der Waals surface area contributed by atoms with Gasteiger partial charge >= 0.3 is 0 Å². The number of oxazole rings is 1. The first-order chi connectivity index (χ1) is 11.6. The maximum absolute atomic E-state index is 12.1. The molecule has 2 unspecified atom stereocenters. The number of hydrogen-bond donors (Lipinski definition) is 2. The molecular weight excluding hydrogens is 326 g/mol. The first-order valence-corrected chi connectivity index (χ1v) is 8.71. The summed E-state index contributed by atoms with van der Waals surface area (Å²) in [4.78, 5) is 16.3. The average Bonchev–Trinajstić information content (AvgIpc) is 3.03. The number of rotatable bonds is 5. The molecule has 2 atom stereocenters. The molecule has 0 bridgehead atoms. The van der Waals surface area contributed by atoms with E-state index in [4.69, 9.17) is 16.0 Å². The van der Waals surface area contributed by atoms with E-state index in [0.717, 1.165) is 24.9 Å². The second-order valence-corrected chi connectivity index (χ2v) is 6.71. The minimum absolute atomic E-state index is 0.0559. The molecule has 2 heterocycles. The van der Waals surface area contributed by atoms with Crippen LogP contribution in [0, 0.1) is 0 Å². The zero-order valence-electron chi connectivity index (χ0n) is 13.7. The highest BCUT2D eigenvalue weighted by Crippen LogP contribution is 2.22. The largest absolute Gasteiger partial charge is 0.441 e. The Morgan fingerprint density at radius 2 is 2.21 bits per heavy atom. The van der Waals surface area contributed by atoms with Gasteiger partial charge in [-0.25, -0.2) is 4.98 Å². The predicted octanol–water partition coefficient (Wildman–Crippen LogP) is 3.18. The lowest BCUT2D eigenvalue weighted by molar-refractivity contribution is -0.122. The number of aryl methyl sites for hydroxylation is 1. The van der Waals surface area contributed by atoms with Gasteiger partial charge in [-0.3, -0.25) is 4.79 Å². The standard InChI is InChI=1S/C18H22ClN3O2/c1-12-10-15(8-9-20-12)22-17(23)6-7-18-21-11-16(24-18)13-2-4-14(19)5-3-13/h2-5,11-12,15,20H,6-10H2,1H3,(H,22,23). The Labute approximate surface area is 146 Å². The zero-order chi connectivity index (χ0) is 16.9. The van der Waals surface area contributed by atoms with Gasteiger partial charge in [0.15, 0.2) is 11.7 Å². The maximum Gasteiger partial charge on any atom is 0.220 e. The molecule has 0 saturated carbocycles. The minimum atomic E-state index is 0.0559. The number of hydrogen-bond acceptors (Lipinski definition) is 4. The molecule has 2 aromatic rings. The Bertz CT molecular complexity index is 684. The van der Waals surface area contributed by atoms with Crippen LogP contribution in [0.15, 0.2) is 34.9 Å². The number of carbonyl (C=O) groups excluding carboxylic acids is 1. The molecule has 1 amide bonds. The number of piperidine rings is 1. The number of carbonyl (C=O) groups is 1. The van der Waals surface area contributed by atoms with Crippen LogP contribution in [0.1, 0.15) is 32.1 Å². The number of nitrogens with zero attached hydrogens (tertiary/aromatic N) is 1. The number of nitrogens with one attached hydrogen (secondary N) is 2. The fourth-order valence-electron chi connectivity index (χ4n) is 2.96. The monoisotopic (exact) mass is 347 g/mol. The van der Waals surface area contributed by atoms with E-state index in [-0.39, 0.29) is 11.9 Å². The fourth-order valence-corrected chi connectivity index (χ4v) is 3.08. The summed E-state index contributed by atoms with van der Waals surface area (Å²) in [5.74, 6) is 1.32. The number of benzene rings is 1. The third kappa shape index (κ3) is 4.58. The van der Waals surface area contributed by atoms with Crippen LogP contribution >= 0.6 is 11.6 Å². The van der Waals surface area contributed by atoms with Gasteiger partial charge in [0.25, 0.3) is 0 Å². The molecule has 24 heavy (non-hydrogen) atoms. The van der Waals surface area contributed by atoms with Crippen LogP contribution in [0.25, 0.3) is 11.3 Å². The van der Waals surface area contributed by atoms with Crippen molar-refractivity contribution in [3.8, 4) is 11.3 Å². The van der Waals surface area contributed by atoms with Crippen LogP contribution in [0.4, 0.5) is 0 Å². The van der Waals surface area contributed by atoms with E-state index in [2.05, 4.69) is 22.5 Å². The van der Waals surface area contributed by atoms with E-state index in [1.165, 1.54) is 0 Å². The molecule has 1 saturated heterocycles. The second-order valence-electron chi connectivity index (χ2n) is 6.27. The van der Waals surface area contributed by atoms with Crippen molar-refractivity contribution >= 4 is 17.5 Å². The van der Waals surface area contributed by atoms with Crippen LogP contribution in [-0.2, 0) is 11.2 Å². The Kier molecular flexibility index (Phi) is 5.53. The molecule has 1 aliphatic heterocycles. The van der Waals surface area contributed by atoms with Gasteiger partial charge in [-0.15, -0.1) is 0 Å². The van der Waals surface area contributed by atoms with E-state index in [1.807, 2.05) is 24.3 Å². The average molecular weight is 348 g/mol. The highest BCUT2D eigenvalue weighted by atomic mass is 35.5. The van der Waals surface area contributed by atoms with E-state index >= 15 is 0 Å². The topological polar surface area (TPSA) is 67.2 Å². The molecule has 1 aliphatic rings. The molecule has 2 N–H and O–H groups in total. The van der Waals surface area contributed by atoms with Gasteiger partial charge in [-0.1, -0.05) is 11.6 Å². The lowest BCUT2D eigenvalue weighted by Crippen LogP contribution is -2.46. The van der Waals surface area contributed by atoms with Crippen LogP contribution in [-0.4, -0.2) is 29.5 Å². The highest BCUT2D eigenvalue weighted by Gasteiger charge is 2.20. The van der Waals surface area contributed by atoms with Gasteiger partial charge in [-0.05, 0) is 50.6 Å². The minimum Gasteiger partial charge on any atom is -0.441 e. The van der Waals surface area contributed by atoms with E-state index in [1.54, 1.807) is 6.20 Å². The van der Waals surface area contributed by atoms with Crippen molar-refractivity contribution < 1.29 is 9.21 Å². The summed E-state index contributed by atoms with van der Waals surface area (Å²) >= 11 is 5.88. The fraction of sp³-hybridized carbons (Fsp3) is 0.444. The molecule has 6 heteroatoms. The molecular formula is C18H22ClN3O2. The zero-order valence-corrected chi connectivity index (χ0v) is 14.5. The normalized spacial score (nSPS) is 20.8. The van der Waals surface area contributed by atoms with Crippen LogP contribution in [0.3, 0.4) is 0 Å². The van der Waals surface area contributed by atoms with Crippen molar-refractivity contribution in [2.45, 2.75) is 44.7 Å². The first-order valence-electron chi connectivity index (χ1n) is 8.33. The second kappa shape index (κ2) is 7.81. The van der Waals surface area contributed by atoms with Gasteiger partial charge in [-0.2, -0.15) is 0 Å². The lowest BCUT2D eigenvalue weighted by atomic mass is 10.0. The van der Waals surface area contributed by atoms with Crippen molar-refractivity contribution in [1.29, 1.82) is 0 Å². The summed E-state index contributed by atoms with van der Waals surface area (Å²) in [5, 5.41) is 7.16. The summed E-state index contributed by atoms with van der Waals surface area (Å²) in [6, 6.07) is 8.12. The quantitative estimate of drug-likeness (QED) is 0.871. The number of amides is 1. The van der Waals surface area contributed by atoms with E-state index < -0.39 is 0 Å². The van der Waals surface area contributed by atoms with E-state index in [9.17, 15) is 4.79 Å². The van der Waals surface area contributed by atoms with Crippen LogP contribution < -0.4 is 10.6 Å². The third-order valence-corrected chi connectivity index (χ3v) is 4.49. The molecule has 0 aliphatic carbocycles. The van der Waals surface area contributed by atoms with Gasteiger partial charge in [0, 0.05) is 35.5 Å². The molecule has 1 aromatic carbocycles. The van der Waals surface area contributed by atoms with Gasteiger partial charge in [0.2, 0.25) is 5.91 Å². The smallest absolute Gasteiger partial charge is 0.220 e. The van der Waals surface area contributed by atoms with Gasteiger partial charge in [0.05, 0.1) is 6.20 Å². The highest BCUT2D eigenvalue weighted by molar-refractivity contribution is 6.30. The molecule has 0 spiro atoms. The SMILES string of the molecule is CC1CC(NC(=O)CCc2ncc(-c3ccc(Cl)cc3)o2)CCN1. The molecule has 1 aromatic heterocycles. The first kappa shape index (κ1) is 17.0. The molecule has 1 fully saturated rings. The molecule has 5 nitrogen and oxygen atoms in total. The number of halogens is 1. The van der Waals surface area contributed by atoms with Crippen molar-refractivity contribution in [2.24, 2.45) is 0 Å².